The minimum absolute atomic E-state index is 0. The van der Waals surface area contributed by atoms with Gasteiger partial charge < -0.3 is 26.5 Å². The van der Waals surface area contributed by atoms with E-state index in [1.807, 2.05) is 36.1 Å². The first-order valence-electron chi connectivity index (χ1n) is 9.28. The zero-order chi connectivity index (χ0) is 18.8. The second kappa shape index (κ2) is 8.67. The molecule has 148 valence electrons. The van der Waals surface area contributed by atoms with E-state index >= 15 is 0 Å². The summed E-state index contributed by atoms with van der Waals surface area (Å²) >= 11 is 0. The SMILES string of the molecule is COc1ccc2c(C)c(C(=O)N3CCN(Cc4ccccc4)CC3)oc2c1.[Cl-]. The van der Waals surface area contributed by atoms with E-state index in [4.69, 9.17) is 9.15 Å². The molecule has 1 saturated heterocycles. The number of carbonyl (C=O) groups excluding carboxylic acids is 1. The molecule has 1 amide bonds. The molecule has 0 N–H and O–H groups in total. The van der Waals surface area contributed by atoms with E-state index in [1.165, 1.54) is 5.56 Å². The number of nitrogens with zero attached hydrogens (tertiary/aromatic N) is 2. The van der Waals surface area contributed by atoms with Gasteiger partial charge in [-0.15, -0.1) is 0 Å². The minimum atomic E-state index is -0.0259. The van der Waals surface area contributed by atoms with Crippen LogP contribution in [0.3, 0.4) is 0 Å². The highest BCUT2D eigenvalue weighted by atomic mass is 35.5. The smallest absolute Gasteiger partial charge is 0.289 e. The summed E-state index contributed by atoms with van der Waals surface area (Å²) in [7, 11) is 1.62. The van der Waals surface area contributed by atoms with E-state index in [0.717, 1.165) is 36.3 Å². The highest BCUT2D eigenvalue weighted by Gasteiger charge is 2.26. The van der Waals surface area contributed by atoms with Gasteiger partial charge in [0.15, 0.2) is 5.76 Å². The second-order valence-electron chi connectivity index (χ2n) is 6.97. The van der Waals surface area contributed by atoms with E-state index in [1.54, 1.807) is 7.11 Å². The van der Waals surface area contributed by atoms with Gasteiger partial charge in [-0.25, -0.2) is 0 Å². The lowest BCUT2D eigenvalue weighted by Gasteiger charge is -2.34. The highest BCUT2D eigenvalue weighted by molar-refractivity contribution is 5.99. The fraction of sp³-hybridized carbons (Fsp3) is 0.318. The summed E-state index contributed by atoms with van der Waals surface area (Å²) in [4.78, 5) is 17.3. The lowest BCUT2D eigenvalue weighted by atomic mass is 10.1. The number of methoxy groups -OCH3 is 1. The second-order valence-corrected chi connectivity index (χ2v) is 6.97. The number of furan rings is 1. The number of aryl methyl sites for hydroxylation is 1. The minimum Gasteiger partial charge on any atom is -1.00 e. The Labute approximate surface area is 171 Å². The number of piperazine rings is 1. The van der Waals surface area contributed by atoms with Gasteiger partial charge in [0.2, 0.25) is 0 Å². The molecule has 0 atom stereocenters. The fourth-order valence-electron chi connectivity index (χ4n) is 3.63. The van der Waals surface area contributed by atoms with Crippen molar-refractivity contribution in [3.05, 3.63) is 65.4 Å². The van der Waals surface area contributed by atoms with Crippen molar-refractivity contribution in [2.24, 2.45) is 0 Å². The molecule has 5 nitrogen and oxygen atoms in total. The Hall–Kier alpha value is -2.50. The average molecular weight is 400 g/mol. The molecule has 0 unspecified atom stereocenters. The molecular weight excluding hydrogens is 376 g/mol. The van der Waals surface area contributed by atoms with Crippen LogP contribution in [0.4, 0.5) is 0 Å². The van der Waals surface area contributed by atoms with E-state index in [0.29, 0.717) is 24.4 Å². The van der Waals surface area contributed by atoms with Crippen LogP contribution in [0.1, 0.15) is 21.7 Å². The van der Waals surface area contributed by atoms with Crippen molar-refractivity contribution in [2.75, 3.05) is 33.3 Å². The summed E-state index contributed by atoms with van der Waals surface area (Å²) in [6.45, 7) is 6.03. The Morgan fingerprint density at radius 3 is 2.46 bits per heavy atom. The third kappa shape index (κ3) is 4.01. The summed E-state index contributed by atoms with van der Waals surface area (Å²) < 4.78 is 11.1. The number of hydrogen-bond acceptors (Lipinski definition) is 4. The molecule has 0 spiro atoms. The number of ether oxygens (including phenoxy) is 1. The van der Waals surface area contributed by atoms with Gasteiger partial charge in [-0.2, -0.15) is 0 Å². The summed E-state index contributed by atoms with van der Waals surface area (Å²) in [6.07, 6.45) is 0. The van der Waals surface area contributed by atoms with Crippen LogP contribution in [0.15, 0.2) is 52.9 Å². The average Bonchev–Trinajstić information content (AvgIpc) is 3.04. The highest BCUT2D eigenvalue weighted by Crippen LogP contribution is 2.29. The first-order valence-corrected chi connectivity index (χ1v) is 9.28. The summed E-state index contributed by atoms with van der Waals surface area (Å²) in [6, 6.07) is 16.1. The maximum absolute atomic E-state index is 13.0. The van der Waals surface area contributed by atoms with Gasteiger partial charge in [-0.3, -0.25) is 9.69 Å². The molecule has 1 aliphatic rings. The van der Waals surface area contributed by atoms with E-state index in [2.05, 4.69) is 29.2 Å². The number of carbonyl (C=O) groups is 1. The first-order chi connectivity index (χ1) is 13.2. The molecule has 1 aliphatic heterocycles. The van der Waals surface area contributed by atoms with Crippen molar-refractivity contribution >= 4 is 16.9 Å². The molecule has 2 heterocycles. The van der Waals surface area contributed by atoms with Crippen molar-refractivity contribution < 1.29 is 26.4 Å². The summed E-state index contributed by atoms with van der Waals surface area (Å²) in [5, 5.41) is 0.960. The Morgan fingerprint density at radius 2 is 1.79 bits per heavy atom. The van der Waals surface area contributed by atoms with Crippen LogP contribution in [0.25, 0.3) is 11.0 Å². The Bertz CT molecular complexity index is 947. The van der Waals surface area contributed by atoms with Gasteiger partial charge >= 0.3 is 0 Å². The van der Waals surface area contributed by atoms with Gasteiger partial charge in [0.05, 0.1) is 7.11 Å². The van der Waals surface area contributed by atoms with Crippen LogP contribution in [-0.2, 0) is 6.54 Å². The third-order valence-electron chi connectivity index (χ3n) is 5.25. The monoisotopic (exact) mass is 399 g/mol. The number of rotatable bonds is 4. The molecule has 28 heavy (non-hydrogen) atoms. The predicted octanol–water partition coefficient (Wildman–Crippen LogP) is 0.712. The van der Waals surface area contributed by atoms with E-state index in [-0.39, 0.29) is 18.3 Å². The van der Waals surface area contributed by atoms with Crippen LogP contribution in [0.5, 0.6) is 5.75 Å². The van der Waals surface area contributed by atoms with Crippen molar-refractivity contribution in [1.29, 1.82) is 0 Å². The number of amides is 1. The number of benzene rings is 2. The van der Waals surface area contributed by atoms with Crippen molar-refractivity contribution in [1.82, 2.24) is 9.80 Å². The Balaban J connectivity index is 0.00000225. The van der Waals surface area contributed by atoms with Crippen LogP contribution in [-0.4, -0.2) is 49.0 Å². The molecule has 0 radical (unpaired) electrons. The van der Waals surface area contributed by atoms with Crippen molar-refractivity contribution in [3.8, 4) is 5.75 Å². The maximum Gasteiger partial charge on any atom is 0.289 e. The van der Waals surface area contributed by atoms with Crippen LogP contribution in [0, 0.1) is 6.92 Å². The normalized spacial score (nSPS) is 14.7. The largest absolute Gasteiger partial charge is 1.00 e. The van der Waals surface area contributed by atoms with Crippen LogP contribution in [0.2, 0.25) is 0 Å². The van der Waals surface area contributed by atoms with Gasteiger partial charge in [-0.1, -0.05) is 30.3 Å². The third-order valence-corrected chi connectivity index (χ3v) is 5.25. The zero-order valence-corrected chi connectivity index (χ0v) is 16.9. The van der Waals surface area contributed by atoms with Gasteiger partial charge in [-0.05, 0) is 24.6 Å². The molecule has 1 fully saturated rings. The van der Waals surface area contributed by atoms with Crippen molar-refractivity contribution in [3.63, 3.8) is 0 Å². The van der Waals surface area contributed by atoms with Crippen molar-refractivity contribution in [2.45, 2.75) is 13.5 Å². The lowest BCUT2D eigenvalue weighted by Crippen LogP contribution is -3.00. The van der Waals surface area contributed by atoms with Crippen LogP contribution >= 0.6 is 0 Å². The van der Waals surface area contributed by atoms with E-state index < -0.39 is 0 Å². The molecule has 4 rings (SSSR count). The van der Waals surface area contributed by atoms with E-state index in [9.17, 15) is 4.79 Å². The molecule has 0 bridgehead atoms. The Morgan fingerprint density at radius 1 is 1.07 bits per heavy atom. The quantitative estimate of drug-likeness (QED) is 0.648. The van der Waals surface area contributed by atoms with Gasteiger partial charge in [0, 0.05) is 49.7 Å². The number of hydrogen-bond donors (Lipinski definition) is 0. The molecule has 6 heteroatoms. The molecular formula is C22H24ClN2O3-. The number of halogens is 1. The molecule has 2 aromatic carbocycles. The lowest BCUT2D eigenvalue weighted by molar-refractivity contribution is -0.0000167. The maximum atomic E-state index is 13.0. The predicted molar refractivity (Wildman–Crippen MR) is 105 cm³/mol. The number of fused-ring (bicyclic) bond motifs is 1. The molecule has 0 saturated carbocycles. The van der Waals surface area contributed by atoms with Gasteiger partial charge in [0.1, 0.15) is 11.3 Å². The molecule has 3 aromatic rings. The molecule has 0 aliphatic carbocycles. The van der Waals surface area contributed by atoms with Crippen LogP contribution < -0.4 is 17.1 Å². The zero-order valence-electron chi connectivity index (χ0n) is 16.2. The summed E-state index contributed by atoms with van der Waals surface area (Å²) in [5.41, 5.74) is 2.89. The first kappa shape index (κ1) is 20.2. The fourth-order valence-corrected chi connectivity index (χ4v) is 3.63. The topological polar surface area (TPSA) is 45.9 Å². The Kier molecular flexibility index (Phi) is 6.27. The van der Waals surface area contributed by atoms with Gasteiger partial charge in [0.25, 0.3) is 5.91 Å². The molecule has 1 aromatic heterocycles. The standard InChI is InChI=1S/C22H24N2O3.ClH/c1-16-19-9-8-18(26-2)14-20(19)27-21(16)22(25)24-12-10-23(11-13-24)15-17-6-4-3-5-7-17;/h3-9,14H,10-13,15H2,1-2H3;1H/p-1. The summed E-state index contributed by atoms with van der Waals surface area (Å²) in [5.74, 6) is 1.14.